The van der Waals surface area contributed by atoms with Crippen LogP contribution in [0.4, 0.5) is 0 Å². The Kier molecular flexibility index (Phi) is 21.4. The molecule has 21 aliphatic heterocycles. The van der Waals surface area contributed by atoms with Crippen LogP contribution in [0.25, 0.3) is 0 Å². The van der Waals surface area contributed by atoms with Gasteiger partial charge in [0.05, 0.1) is 46.2 Å². The van der Waals surface area contributed by atoms with Gasteiger partial charge in [0.1, 0.15) is 165 Å². The second kappa shape index (κ2) is 26.6. The summed E-state index contributed by atoms with van der Waals surface area (Å²) in [5, 5.41) is 230. The molecule has 21 heterocycles. The van der Waals surface area contributed by atoms with Gasteiger partial charge in [-0.1, -0.05) is 0 Å². The van der Waals surface area contributed by atoms with Gasteiger partial charge in [0.25, 0.3) is 0 Å². The molecule has 21 N–H and O–H groups in total. The third-order valence-electron chi connectivity index (χ3n) is 14.9. The highest BCUT2D eigenvalue weighted by molar-refractivity contribution is 5.02. The van der Waals surface area contributed by atoms with Gasteiger partial charge in [-0.15, -0.1) is 0 Å². The highest BCUT2D eigenvalue weighted by atomic mass is 17.1. The molecular formula is C42H70O36. The van der Waals surface area contributed by atoms with E-state index < -0.39 is 261 Å². The van der Waals surface area contributed by atoms with Crippen molar-refractivity contribution in [3.8, 4) is 0 Å². The standard InChI is InChI=1S/C42H70O36/c43-1-8-28-15(50)21(56)37(64-8)72-30-10(3-45)66-39(23(58)17(30)52)74-32-12(5-47)68-41(25(60)19(32)54)76-34-14(7-49)70-42(35(78-63)27(34)62)77-33-13(6-48)69-40(26(61)20(33)55)75-31-11(4-46)67-38(24(59)18(31)53)73-29-9(2-44)65-36(71-28)22(57)16(29)51/h8-63H,1-7H2/t8-,9-,10-,11-,12-,13-,14-,15-,16-,17-,18-,19-,20-,21-,22-,23-,24-,25-,26-,27+,28-,29-,30-,31-,32-,33-,34-,35-,36+,37-,38+,39-,40-,41-,42-/m1/s1. The maximum Gasteiger partial charge on any atom is 0.190 e. The zero-order chi connectivity index (χ0) is 56.8. The van der Waals surface area contributed by atoms with E-state index in [9.17, 15) is 107 Å². The first-order valence-corrected chi connectivity index (χ1v) is 24.8. The Labute approximate surface area is 439 Å². The summed E-state index contributed by atoms with van der Waals surface area (Å²) in [6.45, 7) is -7.41. The summed E-state index contributed by atoms with van der Waals surface area (Å²) in [4.78, 5) is 4.43. The zero-order valence-corrected chi connectivity index (χ0v) is 40.7. The Bertz CT molecular complexity index is 1840. The third kappa shape index (κ3) is 12.1. The number of aliphatic hydroxyl groups excluding tert-OH is 20. The highest BCUT2D eigenvalue weighted by Crippen LogP contribution is 2.39. The number of aliphatic hydroxyl groups is 20. The summed E-state index contributed by atoms with van der Waals surface area (Å²) in [5.74, 6) is 0. The SMILES string of the molecule is OC[C@H]1O[C@H]2O[C@H]3[C@H](O)[C@@H](O)[C@@H](O[C@H]4[C@H](O)[C@@H](O)[C@@H](O[C@H]5[C@H](O)[C@@H](O)[C@@H](O[C@H]6[C@H](O)[C@@H](OO)[C@@H](O[C@H]7[C@H](O)[C@@H](O)[C@@H](O[C@H]8[C@H](O)[C@@H](O)[C@H](O[C@H]1[C@H](O)[C@H]2O)O[C@@H]8CO)O[C@@H]7CO)O[C@@H]6CO)O[C@@H]5CO)O[C@@H]4CO)O[C@@H]3CO. The van der Waals surface area contributed by atoms with Gasteiger partial charge < -0.3 is 168 Å². The van der Waals surface area contributed by atoms with Crippen LogP contribution < -0.4 is 0 Å². The predicted molar refractivity (Wildman–Crippen MR) is 230 cm³/mol. The van der Waals surface area contributed by atoms with E-state index in [2.05, 4.69) is 4.89 Å². The second-order valence-corrected chi connectivity index (χ2v) is 19.7. The van der Waals surface area contributed by atoms with E-state index in [0.29, 0.717) is 0 Å². The van der Waals surface area contributed by atoms with Crippen molar-refractivity contribution in [1.29, 1.82) is 0 Å². The highest BCUT2D eigenvalue weighted by Gasteiger charge is 2.60. The molecule has 0 aromatic heterocycles. The Morgan fingerprint density at radius 2 is 0.359 bits per heavy atom. The molecule has 14 bridgehead atoms. The van der Waals surface area contributed by atoms with Gasteiger partial charge in [0.2, 0.25) is 0 Å². The van der Waals surface area contributed by atoms with Crippen molar-refractivity contribution in [3.05, 3.63) is 0 Å². The lowest BCUT2D eigenvalue weighted by Crippen LogP contribution is -2.68. The fraction of sp³-hybridized carbons (Fsp3) is 1.00. The average molecular weight is 1150 g/mol. The third-order valence-corrected chi connectivity index (χ3v) is 14.9. The van der Waals surface area contributed by atoms with E-state index in [4.69, 9.17) is 66.3 Å². The van der Waals surface area contributed by atoms with Crippen molar-refractivity contribution >= 4 is 0 Å². The monoisotopic (exact) mass is 1150 g/mol. The summed E-state index contributed by atoms with van der Waals surface area (Å²) >= 11 is 0. The molecule has 0 aromatic carbocycles. The van der Waals surface area contributed by atoms with Crippen molar-refractivity contribution < 1.29 is 179 Å². The first kappa shape index (κ1) is 62.6. The maximum absolute atomic E-state index is 11.5. The summed E-state index contributed by atoms with van der Waals surface area (Å²) in [7, 11) is 0. The van der Waals surface area contributed by atoms with Crippen LogP contribution in [0.5, 0.6) is 0 Å². The first-order chi connectivity index (χ1) is 37.2. The number of ether oxygens (including phenoxy) is 14. The molecule has 36 nitrogen and oxygen atoms in total. The number of hydrogen-bond acceptors (Lipinski definition) is 36. The molecule has 0 amide bonds. The van der Waals surface area contributed by atoms with E-state index in [1.165, 1.54) is 0 Å². The summed E-state index contributed by atoms with van der Waals surface area (Å²) in [6.07, 6.45) is -70.6. The van der Waals surface area contributed by atoms with Gasteiger partial charge in [-0.05, 0) is 0 Å². The number of hydrogen-bond donors (Lipinski definition) is 21. The Hall–Kier alpha value is -1.44. The van der Waals surface area contributed by atoms with Crippen molar-refractivity contribution in [2.75, 3.05) is 46.2 Å². The van der Waals surface area contributed by atoms with Crippen molar-refractivity contribution in [2.24, 2.45) is 0 Å². The molecule has 0 aromatic rings. The summed E-state index contributed by atoms with van der Waals surface area (Å²) in [6, 6.07) is 0. The molecule has 21 saturated heterocycles. The molecule has 454 valence electrons. The average Bonchev–Trinajstić information content (AvgIpc) is 3.46. The fourth-order valence-electron chi connectivity index (χ4n) is 10.5. The van der Waals surface area contributed by atoms with Crippen LogP contribution in [0.2, 0.25) is 0 Å². The minimum atomic E-state index is -2.23. The molecule has 0 unspecified atom stereocenters. The van der Waals surface area contributed by atoms with Crippen LogP contribution in [0.1, 0.15) is 0 Å². The Morgan fingerprint density at radius 3 is 0.526 bits per heavy atom. The molecule has 0 saturated carbocycles. The minimum Gasteiger partial charge on any atom is -0.394 e. The normalized spacial score (nSPS) is 54.8. The first-order valence-electron chi connectivity index (χ1n) is 24.8. The van der Waals surface area contributed by atoms with E-state index in [-0.39, 0.29) is 0 Å². The molecule has 0 radical (unpaired) electrons. The Morgan fingerprint density at radius 1 is 0.205 bits per heavy atom. The molecule has 21 fully saturated rings. The maximum atomic E-state index is 11.5. The van der Waals surface area contributed by atoms with E-state index in [0.717, 1.165) is 0 Å². The molecule has 78 heavy (non-hydrogen) atoms. The lowest BCUT2D eigenvalue weighted by molar-refractivity contribution is -0.424. The fourth-order valence-corrected chi connectivity index (χ4v) is 10.5. The van der Waals surface area contributed by atoms with Crippen LogP contribution in [0.15, 0.2) is 0 Å². The molecule has 35 atom stereocenters. The van der Waals surface area contributed by atoms with Gasteiger partial charge in [0, 0.05) is 0 Å². The van der Waals surface area contributed by atoms with Gasteiger partial charge in [-0.2, -0.15) is 0 Å². The van der Waals surface area contributed by atoms with Crippen molar-refractivity contribution in [3.63, 3.8) is 0 Å². The quantitative estimate of drug-likeness (QED) is 0.0793. The smallest absolute Gasteiger partial charge is 0.190 e. The summed E-state index contributed by atoms with van der Waals surface area (Å²) < 4.78 is 79.6. The van der Waals surface area contributed by atoms with Crippen molar-refractivity contribution in [2.45, 2.75) is 215 Å². The lowest BCUT2D eigenvalue weighted by atomic mass is 9.95. The second-order valence-electron chi connectivity index (χ2n) is 19.7. The van der Waals surface area contributed by atoms with Crippen molar-refractivity contribution in [1.82, 2.24) is 0 Å². The van der Waals surface area contributed by atoms with Crippen LogP contribution in [0.3, 0.4) is 0 Å². The Balaban J connectivity index is 1.08. The van der Waals surface area contributed by atoms with Gasteiger partial charge >= 0.3 is 0 Å². The lowest BCUT2D eigenvalue weighted by Gasteiger charge is -2.50. The van der Waals surface area contributed by atoms with Gasteiger partial charge in [-0.3, -0.25) is 5.26 Å². The predicted octanol–water partition coefficient (Wildman–Crippen LogP) is -14.7. The van der Waals surface area contributed by atoms with Crippen LogP contribution in [-0.2, 0) is 71.2 Å². The summed E-state index contributed by atoms with van der Waals surface area (Å²) in [5.41, 5.74) is 0. The van der Waals surface area contributed by atoms with Gasteiger partial charge in [-0.25, -0.2) is 4.89 Å². The molecule has 36 heteroatoms. The van der Waals surface area contributed by atoms with Crippen LogP contribution in [-0.4, -0.2) is 369 Å². The topological polar surface area (TPSA) is 563 Å². The molecule has 21 aliphatic rings. The van der Waals surface area contributed by atoms with Gasteiger partial charge in [0.15, 0.2) is 50.1 Å². The number of rotatable bonds is 8. The molecule has 0 aliphatic carbocycles. The van der Waals surface area contributed by atoms with E-state index in [1.807, 2.05) is 0 Å². The largest absolute Gasteiger partial charge is 0.394 e. The zero-order valence-electron chi connectivity index (χ0n) is 40.7. The van der Waals surface area contributed by atoms with Crippen LogP contribution >= 0.6 is 0 Å². The minimum absolute atomic E-state index is 1.05. The molecule has 0 spiro atoms. The van der Waals surface area contributed by atoms with E-state index in [1.54, 1.807) is 0 Å². The molecular weight excluding hydrogens is 1080 g/mol. The van der Waals surface area contributed by atoms with E-state index >= 15 is 0 Å². The van der Waals surface area contributed by atoms with Crippen LogP contribution in [0, 0.1) is 0 Å². The molecule has 21 rings (SSSR count).